The van der Waals surface area contributed by atoms with E-state index in [-0.39, 0.29) is 6.61 Å². The van der Waals surface area contributed by atoms with Gasteiger partial charge in [-0.15, -0.1) is 0 Å². The maximum absolute atomic E-state index is 9.27. The van der Waals surface area contributed by atoms with Crippen molar-refractivity contribution in [2.45, 2.75) is 27.0 Å². The number of hydrogen-bond donors (Lipinski definition) is 1. The highest BCUT2D eigenvalue weighted by molar-refractivity contribution is 5.24. The molecule has 18 heavy (non-hydrogen) atoms. The summed E-state index contributed by atoms with van der Waals surface area (Å²) in [6, 6.07) is 5.64. The first-order valence-corrected chi connectivity index (χ1v) is 5.79. The average Bonchev–Trinajstić information content (AvgIpc) is 2.64. The number of methoxy groups -OCH3 is 1. The number of aromatic nitrogens is 3. The van der Waals surface area contributed by atoms with Crippen molar-refractivity contribution in [1.82, 2.24) is 14.8 Å². The van der Waals surface area contributed by atoms with Crippen LogP contribution in [0.5, 0.6) is 5.88 Å². The minimum Gasteiger partial charge on any atom is -0.481 e. The van der Waals surface area contributed by atoms with E-state index in [9.17, 15) is 5.11 Å². The maximum atomic E-state index is 9.27. The van der Waals surface area contributed by atoms with Gasteiger partial charge in [0.15, 0.2) is 0 Å². The Kier molecular flexibility index (Phi) is 3.62. The number of nitrogens with zero attached hydrogens (tertiary/aromatic N) is 3. The smallest absolute Gasteiger partial charge is 0.213 e. The van der Waals surface area contributed by atoms with Gasteiger partial charge in [0.05, 0.1) is 31.6 Å². The fourth-order valence-corrected chi connectivity index (χ4v) is 1.93. The number of aryl methyl sites for hydroxylation is 1. The first kappa shape index (κ1) is 12.6. The van der Waals surface area contributed by atoms with E-state index in [1.165, 1.54) is 0 Å². The second-order valence-electron chi connectivity index (χ2n) is 4.14. The Morgan fingerprint density at radius 3 is 2.72 bits per heavy atom. The normalized spacial score (nSPS) is 10.7. The first-order valence-electron chi connectivity index (χ1n) is 5.79. The summed E-state index contributed by atoms with van der Waals surface area (Å²) in [5, 5.41) is 13.7. The number of pyridine rings is 1. The SMILES string of the molecule is COc1cccc(Cn2nc(C)c(CO)c2C)n1. The van der Waals surface area contributed by atoms with Crippen LogP contribution in [0.2, 0.25) is 0 Å². The fraction of sp³-hybridized carbons (Fsp3) is 0.385. The topological polar surface area (TPSA) is 60.2 Å². The molecule has 0 amide bonds. The predicted octanol–water partition coefficient (Wildman–Crippen LogP) is 1.44. The average molecular weight is 247 g/mol. The van der Waals surface area contributed by atoms with E-state index in [1.807, 2.05) is 36.7 Å². The molecule has 5 heteroatoms. The summed E-state index contributed by atoms with van der Waals surface area (Å²) in [6.07, 6.45) is 0. The molecule has 2 rings (SSSR count). The minimum atomic E-state index is 0.0171. The van der Waals surface area contributed by atoms with Crippen molar-refractivity contribution in [2.75, 3.05) is 7.11 Å². The molecular weight excluding hydrogens is 230 g/mol. The molecule has 1 N–H and O–H groups in total. The summed E-state index contributed by atoms with van der Waals surface area (Å²) in [7, 11) is 1.60. The van der Waals surface area contributed by atoms with Crippen molar-refractivity contribution in [2.24, 2.45) is 0 Å². The van der Waals surface area contributed by atoms with Crippen molar-refractivity contribution >= 4 is 0 Å². The molecular formula is C13H17N3O2. The van der Waals surface area contributed by atoms with Gasteiger partial charge in [-0.1, -0.05) is 6.07 Å². The van der Waals surface area contributed by atoms with Crippen LogP contribution in [-0.4, -0.2) is 27.0 Å². The van der Waals surface area contributed by atoms with Gasteiger partial charge in [0.2, 0.25) is 5.88 Å². The lowest BCUT2D eigenvalue weighted by Gasteiger charge is -2.06. The van der Waals surface area contributed by atoms with E-state index in [1.54, 1.807) is 7.11 Å². The fourth-order valence-electron chi connectivity index (χ4n) is 1.93. The predicted molar refractivity (Wildman–Crippen MR) is 67.5 cm³/mol. The summed E-state index contributed by atoms with van der Waals surface area (Å²) in [6.45, 7) is 4.44. The van der Waals surface area contributed by atoms with Gasteiger partial charge >= 0.3 is 0 Å². The van der Waals surface area contributed by atoms with Gasteiger partial charge in [-0.2, -0.15) is 5.10 Å². The molecule has 0 atom stereocenters. The number of rotatable bonds is 4. The Morgan fingerprint density at radius 1 is 1.33 bits per heavy atom. The second-order valence-corrected chi connectivity index (χ2v) is 4.14. The first-order chi connectivity index (χ1) is 8.65. The van der Waals surface area contributed by atoms with Crippen LogP contribution in [0.1, 0.15) is 22.6 Å². The second kappa shape index (κ2) is 5.18. The Bertz CT molecular complexity index is 549. The summed E-state index contributed by atoms with van der Waals surface area (Å²) < 4.78 is 6.94. The standard InChI is InChI=1S/C13H17N3O2/c1-9-12(8-17)10(2)16(15-9)7-11-5-4-6-13(14-11)18-3/h4-6,17H,7-8H2,1-3H3. The molecule has 5 nitrogen and oxygen atoms in total. The van der Waals surface area contributed by atoms with Gasteiger partial charge in [-0.05, 0) is 19.9 Å². The molecule has 0 unspecified atom stereocenters. The molecule has 0 aliphatic carbocycles. The highest BCUT2D eigenvalue weighted by Crippen LogP contribution is 2.15. The molecule has 0 aliphatic heterocycles. The Morgan fingerprint density at radius 2 is 2.11 bits per heavy atom. The zero-order chi connectivity index (χ0) is 13.1. The zero-order valence-corrected chi connectivity index (χ0v) is 10.8. The molecule has 0 aliphatic rings. The van der Waals surface area contributed by atoms with Crippen LogP contribution < -0.4 is 4.74 Å². The Balaban J connectivity index is 2.28. The van der Waals surface area contributed by atoms with Crippen LogP contribution in [0.3, 0.4) is 0 Å². The zero-order valence-electron chi connectivity index (χ0n) is 10.8. The Labute approximate surface area is 106 Å². The Hall–Kier alpha value is -1.88. The van der Waals surface area contributed by atoms with Gasteiger partial charge < -0.3 is 9.84 Å². The lowest BCUT2D eigenvalue weighted by atomic mass is 10.2. The van der Waals surface area contributed by atoms with Crippen LogP contribution in [0, 0.1) is 13.8 Å². The van der Waals surface area contributed by atoms with Crippen molar-refractivity contribution in [3.63, 3.8) is 0 Å². The molecule has 0 spiro atoms. The maximum Gasteiger partial charge on any atom is 0.213 e. The third-order valence-electron chi connectivity index (χ3n) is 2.99. The molecule has 0 aromatic carbocycles. The number of aliphatic hydroxyl groups is 1. The van der Waals surface area contributed by atoms with Crippen LogP contribution in [-0.2, 0) is 13.2 Å². The van der Waals surface area contributed by atoms with Gasteiger partial charge in [-0.25, -0.2) is 4.98 Å². The van der Waals surface area contributed by atoms with E-state index in [0.717, 1.165) is 22.6 Å². The van der Waals surface area contributed by atoms with Crippen LogP contribution in [0.15, 0.2) is 18.2 Å². The van der Waals surface area contributed by atoms with Crippen LogP contribution in [0.4, 0.5) is 0 Å². The molecule has 0 radical (unpaired) electrons. The van der Waals surface area contributed by atoms with E-state index in [0.29, 0.717) is 12.4 Å². The summed E-state index contributed by atoms with van der Waals surface area (Å²) >= 11 is 0. The quantitative estimate of drug-likeness (QED) is 0.888. The largest absolute Gasteiger partial charge is 0.481 e. The molecule has 2 heterocycles. The van der Waals surface area contributed by atoms with E-state index >= 15 is 0 Å². The minimum absolute atomic E-state index is 0.0171. The van der Waals surface area contributed by atoms with Gasteiger partial charge in [0.25, 0.3) is 0 Å². The number of aliphatic hydroxyl groups excluding tert-OH is 1. The van der Waals surface area contributed by atoms with Crippen molar-refractivity contribution < 1.29 is 9.84 Å². The lowest BCUT2D eigenvalue weighted by Crippen LogP contribution is -2.06. The summed E-state index contributed by atoms with van der Waals surface area (Å²) in [5.74, 6) is 0.594. The van der Waals surface area contributed by atoms with Crippen molar-refractivity contribution in [1.29, 1.82) is 0 Å². The van der Waals surface area contributed by atoms with Crippen molar-refractivity contribution in [3.8, 4) is 5.88 Å². The molecule has 2 aromatic heterocycles. The highest BCUT2D eigenvalue weighted by Gasteiger charge is 2.11. The number of hydrogen-bond acceptors (Lipinski definition) is 4. The van der Waals surface area contributed by atoms with E-state index < -0.39 is 0 Å². The van der Waals surface area contributed by atoms with E-state index in [4.69, 9.17) is 4.74 Å². The molecule has 0 fully saturated rings. The highest BCUT2D eigenvalue weighted by atomic mass is 16.5. The summed E-state index contributed by atoms with van der Waals surface area (Å²) in [5.41, 5.74) is 3.60. The third-order valence-corrected chi connectivity index (χ3v) is 2.99. The molecule has 2 aromatic rings. The monoisotopic (exact) mass is 247 g/mol. The van der Waals surface area contributed by atoms with Crippen LogP contribution in [0.25, 0.3) is 0 Å². The third kappa shape index (κ3) is 2.36. The molecule has 0 bridgehead atoms. The van der Waals surface area contributed by atoms with Gasteiger partial charge in [0.1, 0.15) is 0 Å². The lowest BCUT2D eigenvalue weighted by molar-refractivity contribution is 0.280. The van der Waals surface area contributed by atoms with Gasteiger partial charge in [-0.3, -0.25) is 4.68 Å². The van der Waals surface area contributed by atoms with E-state index in [2.05, 4.69) is 10.1 Å². The van der Waals surface area contributed by atoms with Gasteiger partial charge in [0, 0.05) is 17.3 Å². The van der Waals surface area contributed by atoms with Crippen molar-refractivity contribution in [3.05, 3.63) is 40.8 Å². The molecule has 96 valence electrons. The number of ether oxygens (including phenoxy) is 1. The molecule has 0 saturated heterocycles. The summed E-state index contributed by atoms with van der Waals surface area (Å²) in [4.78, 5) is 4.35. The van der Waals surface area contributed by atoms with Crippen LogP contribution >= 0.6 is 0 Å². The molecule has 0 saturated carbocycles.